The Balaban J connectivity index is 1.55. The Bertz CT molecular complexity index is 743. The molecule has 0 aliphatic heterocycles. The number of amides is 1. The van der Waals surface area contributed by atoms with E-state index in [4.69, 9.17) is 0 Å². The molecule has 6 nitrogen and oxygen atoms in total. The molecule has 1 amide bonds. The molecular formula is C17H21N5OS2. The molecule has 0 atom stereocenters. The minimum absolute atomic E-state index is 0.0435. The van der Waals surface area contributed by atoms with Crippen molar-refractivity contribution in [3.63, 3.8) is 0 Å². The van der Waals surface area contributed by atoms with E-state index in [0.717, 1.165) is 44.3 Å². The van der Waals surface area contributed by atoms with Gasteiger partial charge in [-0.2, -0.15) is 5.26 Å². The first kappa shape index (κ1) is 18.0. The lowest BCUT2D eigenvalue weighted by Gasteiger charge is -2.38. The standard InChI is InChI=1S/C17H21N5OS2/c1-22(17(12-18)7-3-2-4-8-17)15(23)11-25-16-19-14(20-21-16)10-13-6-5-9-24-13/h5-6,9H,2-4,7-8,10-11H2,1H3,(H,19,20,21). The molecule has 0 radical (unpaired) electrons. The van der Waals surface area contributed by atoms with E-state index in [-0.39, 0.29) is 11.7 Å². The van der Waals surface area contributed by atoms with Gasteiger partial charge in [0.05, 0.1) is 11.8 Å². The summed E-state index contributed by atoms with van der Waals surface area (Å²) in [5.41, 5.74) is -0.640. The third kappa shape index (κ3) is 4.22. The summed E-state index contributed by atoms with van der Waals surface area (Å²) >= 11 is 2.99. The highest BCUT2D eigenvalue weighted by atomic mass is 32.2. The van der Waals surface area contributed by atoms with Crippen molar-refractivity contribution in [2.45, 2.75) is 49.2 Å². The monoisotopic (exact) mass is 375 g/mol. The van der Waals surface area contributed by atoms with Crippen molar-refractivity contribution in [1.82, 2.24) is 20.1 Å². The zero-order valence-electron chi connectivity index (χ0n) is 14.2. The van der Waals surface area contributed by atoms with Crippen molar-refractivity contribution < 1.29 is 4.79 Å². The molecule has 1 aliphatic carbocycles. The third-order valence-corrected chi connectivity index (χ3v) is 6.37. The quantitative estimate of drug-likeness (QED) is 0.784. The van der Waals surface area contributed by atoms with Crippen molar-refractivity contribution in [2.24, 2.45) is 0 Å². The van der Waals surface area contributed by atoms with Crippen molar-refractivity contribution in [1.29, 1.82) is 5.26 Å². The molecule has 0 aromatic carbocycles. The van der Waals surface area contributed by atoms with E-state index < -0.39 is 5.54 Å². The Kier molecular flexibility index (Phi) is 5.76. The number of thiophene rings is 1. The lowest BCUT2D eigenvalue weighted by atomic mass is 9.81. The molecule has 2 aromatic heterocycles. The lowest BCUT2D eigenvalue weighted by Crippen LogP contribution is -2.50. The van der Waals surface area contributed by atoms with Gasteiger partial charge in [-0.3, -0.25) is 9.89 Å². The van der Waals surface area contributed by atoms with Gasteiger partial charge in [-0.25, -0.2) is 4.98 Å². The van der Waals surface area contributed by atoms with Gasteiger partial charge in [0.25, 0.3) is 0 Å². The zero-order chi connectivity index (χ0) is 17.7. The molecule has 25 heavy (non-hydrogen) atoms. The summed E-state index contributed by atoms with van der Waals surface area (Å²) in [6, 6.07) is 6.45. The summed E-state index contributed by atoms with van der Waals surface area (Å²) in [7, 11) is 1.75. The molecule has 1 N–H and O–H groups in total. The fourth-order valence-electron chi connectivity index (χ4n) is 3.12. The Morgan fingerprint density at radius 2 is 2.28 bits per heavy atom. The van der Waals surface area contributed by atoms with E-state index in [0.29, 0.717) is 5.16 Å². The largest absolute Gasteiger partial charge is 0.326 e. The van der Waals surface area contributed by atoms with Crippen LogP contribution in [-0.4, -0.2) is 44.3 Å². The second kappa shape index (κ2) is 8.02. The van der Waals surface area contributed by atoms with Gasteiger partial charge in [-0.15, -0.1) is 16.4 Å². The number of thioether (sulfide) groups is 1. The molecule has 2 heterocycles. The predicted octanol–water partition coefficient (Wildman–Crippen LogP) is 3.23. The molecule has 8 heteroatoms. The summed E-state index contributed by atoms with van der Waals surface area (Å²) in [5, 5.41) is 19.3. The average Bonchev–Trinajstić information content (AvgIpc) is 3.32. The molecular weight excluding hydrogens is 354 g/mol. The summed E-state index contributed by atoms with van der Waals surface area (Å²) in [5.74, 6) is 1.00. The number of nitrogens with one attached hydrogen (secondary N) is 1. The van der Waals surface area contributed by atoms with Gasteiger partial charge >= 0.3 is 0 Å². The molecule has 2 aromatic rings. The first-order valence-electron chi connectivity index (χ1n) is 8.37. The van der Waals surface area contributed by atoms with Crippen LogP contribution in [0.1, 0.15) is 42.8 Å². The summed E-state index contributed by atoms with van der Waals surface area (Å²) in [6.07, 6.45) is 5.40. The molecule has 0 unspecified atom stereocenters. The third-order valence-electron chi connectivity index (χ3n) is 4.66. The van der Waals surface area contributed by atoms with Crippen LogP contribution in [0.25, 0.3) is 0 Å². The minimum atomic E-state index is -0.640. The highest BCUT2D eigenvalue weighted by molar-refractivity contribution is 7.99. The normalized spacial score (nSPS) is 16.3. The summed E-state index contributed by atoms with van der Waals surface area (Å²) in [4.78, 5) is 19.8. The Hall–Kier alpha value is -1.85. The number of aromatic nitrogens is 3. The van der Waals surface area contributed by atoms with Crippen molar-refractivity contribution in [3.8, 4) is 6.07 Å². The first-order chi connectivity index (χ1) is 12.1. The van der Waals surface area contributed by atoms with Crippen LogP contribution in [-0.2, 0) is 11.2 Å². The maximum Gasteiger partial charge on any atom is 0.234 e. The molecule has 0 saturated heterocycles. The number of nitrogens with zero attached hydrogens (tertiary/aromatic N) is 4. The number of hydrogen-bond donors (Lipinski definition) is 1. The van der Waals surface area contributed by atoms with E-state index >= 15 is 0 Å². The Morgan fingerprint density at radius 3 is 2.96 bits per heavy atom. The molecule has 1 saturated carbocycles. The molecule has 1 aliphatic rings. The molecule has 3 rings (SSSR count). The molecule has 1 fully saturated rings. The molecule has 0 bridgehead atoms. The van der Waals surface area contributed by atoms with Crippen molar-refractivity contribution in [3.05, 3.63) is 28.2 Å². The topological polar surface area (TPSA) is 85.7 Å². The Labute approximate surface area is 155 Å². The fraction of sp³-hybridized carbons (Fsp3) is 0.529. The van der Waals surface area contributed by atoms with Crippen LogP contribution >= 0.6 is 23.1 Å². The fourth-order valence-corrected chi connectivity index (χ4v) is 4.56. The SMILES string of the molecule is CN(C(=O)CSc1n[nH]c(Cc2cccs2)n1)C1(C#N)CCCCC1. The van der Waals surface area contributed by atoms with Crippen LogP contribution in [0.5, 0.6) is 0 Å². The number of rotatable bonds is 6. The van der Waals surface area contributed by atoms with E-state index in [1.807, 2.05) is 11.4 Å². The van der Waals surface area contributed by atoms with Crippen LogP contribution in [0.15, 0.2) is 22.7 Å². The summed E-state index contributed by atoms with van der Waals surface area (Å²) < 4.78 is 0. The number of carbonyl (C=O) groups is 1. The van der Waals surface area contributed by atoms with Gasteiger partial charge in [-0.1, -0.05) is 37.1 Å². The minimum Gasteiger partial charge on any atom is -0.326 e. The summed E-state index contributed by atoms with van der Waals surface area (Å²) in [6.45, 7) is 0. The number of H-pyrrole nitrogens is 1. The Morgan fingerprint density at radius 1 is 1.48 bits per heavy atom. The van der Waals surface area contributed by atoms with Crippen molar-refractivity contribution >= 4 is 29.0 Å². The lowest BCUT2D eigenvalue weighted by molar-refractivity contribution is -0.131. The second-order valence-corrected chi connectivity index (χ2v) is 8.24. The van der Waals surface area contributed by atoms with E-state index in [9.17, 15) is 10.1 Å². The predicted molar refractivity (Wildman–Crippen MR) is 98.4 cm³/mol. The number of aromatic amines is 1. The molecule has 0 spiro atoms. The molecule has 132 valence electrons. The van der Waals surface area contributed by atoms with Gasteiger partial charge < -0.3 is 4.90 Å². The smallest absolute Gasteiger partial charge is 0.234 e. The van der Waals surface area contributed by atoms with E-state index in [1.165, 1.54) is 16.6 Å². The number of nitriles is 1. The maximum absolute atomic E-state index is 12.5. The van der Waals surface area contributed by atoms with E-state index in [2.05, 4.69) is 27.3 Å². The zero-order valence-corrected chi connectivity index (χ0v) is 15.8. The average molecular weight is 376 g/mol. The highest BCUT2D eigenvalue weighted by Gasteiger charge is 2.38. The van der Waals surface area contributed by atoms with Crippen LogP contribution in [0.2, 0.25) is 0 Å². The van der Waals surface area contributed by atoms with Crippen LogP contribution in [0, 0.1) is 11.3 Å². The van der Waals surface area contributed by atoms with Crippen LogP contribution in [0.4, 0.5) is 0 Å². The van der Waals surface area contributed by atoms with Crippen molar-refractivity contribution in [2.75, 3.05) is 12.8 Å². The second-order valence-electron chi connectivity index (χ2n) is 6.27. The van der Waals surface area contributed by atoms with Gasteiger partial charge in [-0.05, 0) is 24.3 Å². The van der Waals surface area contributed by atoms with Gasteiger partial charge in [0.2, 0.25) is 11.1 Å². The van der Waals surface area contributed by atoms with Gasteiger partial charge in [0, 0.05) is 18.3 Å². The van der Waals surface area contributed by atoms with E-state index in [1.54, 1.807) is 23.3 Å². The number of hydrogen-bond acceptors (Lipinski definition) is 6. The highest BCUT2D eigenvalue weighted by Crippen LogP contribution is 2.33. The van der Waals surface area contributed by atoms with Crippen LogP contribution in [0.3, 0.4) is 0 Å². The van der Waals surface area contributed by atoms with Crippen LogP contribution < -0.4 is 0 Å². The maximum atomic E-state index is 12.5. The van der Waals surface area contributed by atoms with Gasteiger partial charge in [0.15, 0.2) is 0 Å². The number of carbonyl (C=O) groups excluding carboxylic acids is 1. The van der Waals surface area contributed by atoms with Gasteiger partial charge in [0.1, 0.15) is 11.4 Å². The first-order valence-corrected chi connectivity index (χ1v) is 10.2.